The van der Waals surface area contributed by atoms with Crippen molar-refractivity contribution in [2.75, 3.05) is 20.1 Å². The number of nitrogens with zero attached hydrogens (tertiary/aromatic N) is 3. The van der Waals surface area contributed by atoms with Crippen LogP contribution < -0.4 is 5.32 Å². The number of aromatic nitrogens is 2. The Labute approximate surface area is 127 Å². The second kappa shape index (κ2) is 6.43. The topological polar surface area (TPSA) is 67.2 Å². The van der Waals surface area contributed by atoms with Gasteiger partial charge in [-0.1, -0.05) is 0 Å². The van der Waals surface area contributed by atoms with Crippen LogP contribution in [0.5, 0.6) is 0 Å². The molecule has 1 aromatic rings. The first-order valence-corrected chi connectivity index (χ1v) is 7.99. The molecule has 0 bridgehead atoms. The Bertz CT molecular complexity index is 570. The van der Waals surface area contributed by atoms with Gasteiger partial charge in [-0.3, -0.25) is 4.68 Å². The van der Waals surface area contributed by atoms with Crippen LogP contribution in [0.4, 0.5) is 0 Å². The molecule has 1 aliphatic heterocycles. The van der Waals surface area contributed by atoms with Gasteiger partial charge in [0.2, 0.25) is 10.0 Å². The van der Waals surface area contributed by atoms with E-state index in [1.165, 1.54) is 0 Å². The van der Waals surface area contributed by atoms with Gasteiger partial charge in [0.25, 0.3) is 0 Å². The van der Waals surface area contributed by atoms with Crippen molar-refractivity contribution in [3.63, 3.8) is 0 Å². The monoisotopic (exact) mass is 322 g/mol. The molecule has 1 unspecified atom stereocenters. The summed E-state index contributed by atoms with van der Waals surface area (Å²) in [6.45, 7) is 4.67. The highest BCUT2D eigenvalue weighted by Gasteiger charge is 2.33. The lowest BCUT2D eigenvalue weighted by atomic mass is 10.1. The van der Waals surface area contributed by atoms with Crippen LogP contribution in [0.25, 0.3) is 0 Å². The first kappa shape index (κ1) is 17.4. The van der Waals surface area contributed by atoms with Gasteiger partial charge in [0.1, 0.15) is 4.90 Å². The van der Waals surface area contributed by atoms with E-state index in [1.807, 2.05) is 7.05 Å². The Morgan fingerprint density at radius 3 is 2.50 bits per heavy atom. The lowest BCUT2D eigenvalue weighted by Gasteiger charge is -2.31. The van der Waals surface area contributed by atoms with Gasteiger partial charge < -0.3 is 5.32 Å². The normalized spacial score (nSPS) is 20.7. The minimum Gasteiger partial charge on any atom is -0.316 e. The van der Waals surface area contributed by atoms with Crippen molar-refractivity contribution in [3.05, 3.63) is 11.4 Å². The van der Waals surface area contributed by atoms with Gasteiger partial charge >= 0.3 is 0 Å². The first-order chi connectivity index (χ1) is 8.87. The molecule has 0 amide bonds. The minimum absolute atomic E-state index is 0. The number of hydrogen-bond donors (Lipinski definition) is 1. The molecule has 20 heavy (non-hydrogen) atoms. The zero-order valence-corrected chi connectivity index (χ0v) is 14.0. The third-order valence-electron chi connectivity index (χ3n) is 3.83. The standard InChI is InChI=1S/C12H22N4O2S.ClH/c1-9-12(10(2)15(4)14-9)19(17,18)16-7-5-6-11(8-16)13-3;/h11,13H,5-8H2,1-4H3;1H. The molecule has 6 nitrogen and oxygen atoms in total. The summed E-state index contributed by atoms with van der Waals surface area (Å²) in [6.07, 6.45) is 1.91. The maximum atomic E-state index is 12.7. The van der Waals surface area contributed by atoms with E-state index in [0.29, 0.717) is 29.4 Å². The third-order valence-corrected chi connectivity index (χ3v) is 5.95. The zero-order valence-electron chi connectivity index (χ0n) is 12.4. The highest BCUT2D eigenvalue weighted by Crippen LogP contribution is 2.25. The van der Waals surface area contributed by atoms with Crippen LogP contribution in [-0.2, 0) is 17.1 Å². The van der Waals surface area contributed by atoms with Crippen LogP contribution in [-0.4, -0.2) is 48.7 Å². The zero-order chi connectivity index (χ0) is 14.2. The first-order valence-electron chi connectivity index (χ1n) is 6.55. The van der Waals surface area contributed by atoms with E-state index >= 15 is 0 Å². The second-order valence-corrected chi connectivity index (χ2v) is 6.99. The average Bonchev–Trinajstić information content (AvgIpc) is 2.63. The second-order valence-electron chi connectivity index (χ2n) is 5.11. The van der Waals surface area contributed by atoms with Crippen LogP contribution in [0, 0.1) is 13.8 Å². The molecule has 0 radical (unpaired) electrons. The largest absolute Gasteiger partial charge is 0.316 e. The molecular weight excluding hydrogens is 300 g/mol. The lowest BCUT2D eigenvalue weighted by molar-refractivity contribution is 0.292. The fraction of sp³-hybridized carbons (Fsp3) is 0.750. The molecular formula is C12H23ClN4O2S. The fourth-order valence-corrected chi connectivity index (χ4v) is 4.58. The third kappa shape index (κ3) is 3.00. The smallest absolute Gasteiger partial charge is 0.246 e. The molecule has 1 N–H and O–H groups in total. The summed E-state index contributed by atoms with van der Waals surface area (Å²) in [4.78, 5) is 0.367. The number of nitrogens with one attached hydrogen (secondary N) is 1. The molecule has 1 fully saturated rings. The molecule has 0 spiro atoms. The minimum atomic E-state index is -3.44. The van der Waals surface area contributed by atoms with E-state index < -0.39 is 10.0 Å². The maximum Gasteiger partial charge on any atom is 0.246 e. The fourth-order valence-electron chi connectivity index (χ4n) is 2.65. The number of aryl methyl sites for hydroxylation is 2. The number of halogens is 1. The highest BCUT2D eigenvalue weighted by molar-refractivity contribution is 7.89. The van der Waals surface area contributed by atoms with E-state index in [-0.39, 0.29) is 18.4 Å². The van der Waals surface area contributed by atoms with Crippen molar-refractivity contribution < 1.29 is 8.42 Å². The molecule has 8 heteroatoms. The molecule has 116 valence electrons. The quantitative estimate of drug-likeness (QED) is 0.895. The Morgan fingerprint density at radius 1 is 1.35 bits per heavy atom. The van der Waals surface area contributed by atoms with Crippen LogP contribution in [0.15, 0.2) is 4.90 Å². The number of hydrogen-bond acceptors (Lipinski definition) is 4. The molecule has 0 aliphatic carbocycles. The molecule has 1 atom stereocenters. The average molecular weight is 323 g/mol. The van der Waals surface area contributed by atoms with Crippen LogP contribution in [0.1, 0.15) is 24.2 Å². The van der Waals surface area contributed by atoms with Gasteiger partial charge in [0.15, 0.2) is 0 Å². The summed E-state index contributed by atoms with van der Waals surface area (Å²) in [5.74, 6) is 0. The summed E-state index contributed by atoms with van der Waals surface area (Å²) < 4.78 is 28.7. The van der Waals surface area contributed by atoms with E-state index in [4.69, 9.17) is 0 Å². The Hall–Kier alpha value is -0.630. The van der Waals surface area contributed by atoms with Crippen molar-refractivity contribution in [1.82, 2.24) is 19.4 Å². The molecule has 1 aliphatic rings. The number of likely N-dealkylation sites (N-methyl/N-ethyl adjacent to an activating group) is 1. The SMILES string of the molecule is CNC1CCCN(S(=O)(=O)c2c(C)nn(C)c2C)C1.Cl. The van der Waals surface area contributed by atoms with Gasteiger partial charge in [-0.05, 0) is 33.7 Å². The number of piperidine rings is 1. The Morgan fingerprint density at radius 2 is 2.00 bits per heavy atom. The van der Waals surface area contributed by atoms with Crippen LogP contribution in [0.3, 0.4) is 0 Å². The predicted octanol–water partition coefficient (Wildman–Crippen LogP) is 0.831. The molecule has 1 aromatic heterocycles. The summed E-state index contributed by atoms with van der Waals surface area (Å²) in [5, 5.41) is 7.37. The molecule has 2 rings (SSSR count). The van der Waals surface area contributed by atoms with Crippen LogP contribution in [0.2, 0.25) is 0 Å². The van der Waals surface area contributed by atoms with E-state index in [2.05, 4.69) is 10.4 Å². The van der Waals surface area contributed by atoms with E-state index in [1.54, 1.807) is 29.9 Å². The van der Waals surface area contributed by atoms with E-state index in [0.717, 1.165) is 12.8 Å². The van der Waals surface area contributed by atoms with E-state index in [9.17, 15) is 8.42 Å². The summed E-state index contributed by atoms with van der Waals surface area (Å²) in [7, 11) is 0.213. The van der Waals surface area contributed by atoms with Crippen molar-refractivity contribution in [1.29, 1.82) is 0 Å². The Balaban J connectivity index is 0.00000200. The number of sulfonamides is 1. The van der Waals surface area contributed by atoms with Gasteiger partial charge in [0, 0.05) is 26.2 Å². The molecule has 0 saturated carbocycles. The van der Waals surface area contributed by atoms with Crippen molar-refractivity contribution in [2.24, 2.45) is 7.05 Å². The van der Waals surface area contributed by atoms with Crippen molar-refractivity contribution in [3.8, 4) is 0 Å². The molecule has 0 aromatic carbocycles. The number of rotatable bonds is 3. The lowest BCUT2D eigenvalue weighted by Crippen LogP contribution is -2.47. The highest BCUT2D eigenvalue weighted by atomic mass is 35.5. The summed E-state index contributed by atoms with van der Waals surface area (Å²) >= 11 is 0. The van der Waals surface area contributed by atoms with Gasteiger partial charge in [-0.15, -0.1) is 12.4 Å². The van der Waals surface area contributed by atoms with Crippen molar-refractivity contribution in [2.45, 2.75) is 37.6 Å². The predicted molar refractivity (Wildman–Crippen MR) is 80.8 cm³/mol. The summed E-state index contributed by atoms with van der Waals surface area (Å²) in [5.41, 5.74) is 1.27. The Kier molecular flexibility index (Phi) is 5.60. The molecule has 1 saturated heterocycles. The van der Waals surface area contributed by atoms with Gasteiger partial charge in [0.05, 0.1) is 11.4 Å². The van der Waals surface area contributed by atoms with Crippen LogP contribution >= 0.6 is 12.4 Å². The summed E-state index contributed by atoms with van der Waals surface area (Å²) in [6, 6.07) is 0.237. The maximum absolute atomic E-state index is 12.7. The van der Waals surface area contributed by atoms with Gasteiger partial charge in [-0.2, -0.15) is 9.40 Å². The van der Waals surface area contributed by atoms with Crippen molar-refractivity contribution >= 4 is 22.4 Å². The van der Waals surface area contributed by atoms with Gasteiger partial charge in [-0.25, -0.2) is 8.42 Å². The molecule has 2 heterocycles.